The number of nitrogens with zero attached hydrogens (tertiary/aromatic N) is 2. The van der Waals surface area contributed by atoms with Crippen molar-refractivity contribution in [3.63, 3.8) is 0 Å². The minimum absolute atomic E-state index is 0.742. The molecule has 2 aromatic rings. The second-order valence-corrected chi connectivity index (χ2v) is 6.82. The SMILES string of the molecule is C=C/C1=C\C(=C)C2=CC(=CCC2)Cc2cccc(n2)-c2cccc(n2)C1. The van der Waals surface area contributed by atoms with Gasteiger partial charge in [0.05, 0.1) is 11.4 Å². The van der Waals surface area contributed by atoms with E-state index in [2.05, 4.69) is 49.6 Å². The first kappa shape index (κ1) is 16.5. The molecule has 0 aromatic carbocycles. The molecule has 0 N–H and O–H groups in total. The molecular formula is C24H22N2. The number of hydrogen-bond donors (Lipinski definition) is 0. The number of hydrogen-bond acceptors (Lipinski definition) is 2. The normalized spacial score (nSPS) is 18.8. The van der Waals surface area contributed by atoms with Crippen LogP contribution in [0.3, 0.4) is 0 Å². The fourth-order valence-corrected chi connectivity index (χ4v) is 3.50. The predicted molar refractivity (Wildman–Crippen MR) is 108 cm³/mol. The summed E-state index contributed by atoms with van der Waals surface area (Å²) in [5.41, 5.74) is 8.75. The maximum atomic E-state index is 4.85. The maximum absolute atomic E-state index is 4.85. The Labute approximate surface area is 155 Å². The zero-order valence-corrected chi connectivity index (χ0v) is 14.9. The molecule has 0 amide bonds. The lowest BCUT2D eigenvalue weighted by Crippen LogP contribution is -2.02. The molecule has 0 radical (unpaired) electrons. The molecule has 128 valence electrons. The minimum Gasteiger partial charge on any atom is -0.251 e. The van der Waals surface area contributed by atoms with Crippen LogP contribution in [0.5, 0.6) is 0 Å². The third kappa shape index (κ3) is 3.50. The van der Waals surface area contributed by atoms with Crippen LogP contribution < -0.4 is 0 Å². The van der Waals surface area contributed by atoms with Gasteiger partial charge in [0.25, 0.3) is 0 Å². The first-order chi connectivity index (χ1) is 12.7. The summed E-state index contributed by atoms with van der Waals surface area (Å²) < 4.78 is 0. The van der Waals surface area contributed by atoms with E-state index in [9.17, 15) is 0 Å². The van der Waals surface area contributed by atoms with Crippen molar-refractivity contribution in [2.24, 2.45) is 0 Å². The standard InChI is InChI=1S/C24H22N2/c1-3-18-13-17(2)20-8-4-7-19(14-20)16-22-10-6-12-24(26-22)23-11-5-9-21(15-18)25-23/h3,5-7,9-14H,1-2,4,8,15-16H2/b18-13+. The molecule has 0 fully saturated rings. The average Bonchev–Trinajstić information content (AvgIpc) is 2.67. The molecule has 3 heterocycles. The molecule has 1 aliphatic carbocycles. The van der Waals surface area contributed by atoms with Gasteiger partial charge in [-0.3, -0.25) is 9.97 Å². The summed E-state index contributed by atoms with van der Waals surface area (Å²) >= 11 is 0. The van der Waals surface area contributed by atoms with Crippen LogP contribution in [0.25, 0.3) is 11.4 Å². The number of pyridine rings is 2. The summed E-state index contributed by atoms with van der Waals surface area (Å²) in [6, 6.07) is 12.3. The van der Waals surface area contributed by atoms with E-state index >= 15 is 0 Å². The third-order valence-electron chi connectivity index (χ3n) is 4.86. The molecule has 1 aliphatic heterocycles. The Morgan fingerprint density at radius 1 is 0.885 bits per heavy atom. The summed E-state index contributed by atoms with van der Waals surface area (Å²) in [6.07, 6.45) is 12.3. The monoisotopic (exact) mass is 338 g/mol. The molecule has 2 heteroatoms. The zero-order valence-electron chi connectivity index (χ0n) is 14.9. The second-order valence-electron chi connectivity index (χ2n) is 6.82. The predicted octanol–water partition coefficient (Wildman–Crippen LogP) is 5.56. The van der Waals surface area contributed by atoms with E-state index < -0.39 is 0 Å². The van der Waals surface area contributed by atoms with Gasteiger partial charge in [0.1, 0.15) is 0 Å². The van der Waals surface area contributed by atoms with Gasteiger partial charge in [0, 0.05) is 24.2 Å². The molecule has 0 unspecified atom stereocenters. The molecule has 0 saturated carbocycles. The first-order valence-corrected chi connectivity index (χ1v) is 9.05. The van der Waals surface area contributed by atoms with Crippen molar-refractivity contribution in [3.8, 4) is 11.4 Å². The molecule has 4 rings (SSSR count). The van der Waals surface area contributed by atoms with Gasteiger partial charge in [0.15, 0.2) is 0 Å². The van der Waals surface area contributed by atoms with Gasteiger partial charge in [0.2, 0.25) is 0 Å². The molecule has 0 saturated heterocycles. The van der Waals surface area contributed by atoms with Crippen LogP contribution in [-0.2, 0) is 12.8 Å². The maximum Gasteiger partial charge on any atom is 0.0889 e. The summed E-state index contributed by atoms with van der Waals surface area (Å²) in [7, 11) is 0. The third-order valence-corrected chi connectivity index (χ3v) is 4.86. The van der Waals surface area contributed by atoms with Crippen LogP contribution in [0.1, 0.15) is 24.2 Å². The Bertz CT molecular complexity index is 973. The van der Waals surface area contributed by atoms with Crippen LogP contribution in [-0.4, -0.2) is 9.97 Å². The second kappa shape index (κ2) is 7.09. The van der Waals surface area contributed by atoms with Gasteiger partial charge < -0.3 is 0 Å². The largest absolute Gasteiger partial charge is 0.251 e. The Balaban J connectivity index is 1.86. The summed E-state index contributed by atoms with van der Waals surface area (Å²) in [5, 5.41) is 0. The van der Waals surface area contributed by atoms with Crippen molar-refractivity contribution < 1.29 is 0 Å². The first-order valence-electron chi connectivity index (χ1n) is 9.05. The highest BCUT2D eigenvalue weighted by atomic mass is 14.8. The van der Waals surface area contributed by atoms with Crippen molar-refractivity contribution in [3.05, 3.63) is 108 Å². The number of aromatic nitrogens is 2. The highest BCUT2D eigenvalue weighted by Gasteiger charge is 2.12. The van der Waals surface area contributed by atoms with Gasteiger partial charge in [-0.25, -0.2) is 0 Å². The van der Waals surface area contributed by atoms with Crippen LogP contribution in [0.2, 0.25) is 0 Å². The topological polar surface area (TPSA) is 25.8 Å². The van der Waals surface area contributed by atoms with Crippen molar-refractivity contribution in [1.82, 2.24) is 9.97 Å². The molecule has 2 nitrogen and oxygen atoms in total. The summed E-state index contributed by atoms with van der Waals surface area (Å²) in [6.45, 7) is 8.28. The number of allylic oxidation sites excluding steroid dienone is 8. The van der Waals surface area contributed by atoms with Crippen molar-refractivity contribution in [2.45, 2.75) is 25.7 Å². The van der Waals surface area contributed by atoms with E-state index in [0.29, 0.717) is 0 Å². The Hall–Kier alpha value is -3.00. The van der Waals surface area contributed by atoms with E-state index in [-0.39, 0.29) is 0 Å². The molecule has 26 heavy (non-hydrogen) atoms. The summed E-state index contributed by atoms with van der Waals surface area (Å²) in [5.74, 6) is 0. The molecule has 0 spiro atoms. The van der Waals surface area contributed by atoms with Gasteiger partial charge in [-0.05, 0) is 59.4 Å². The lowest BCUT2D eigenvalue weighted by molar-refractivity contribution is 0.934. The van der Waals surface area contributed by atoms with Gasteiger partial charge >= 0.3 is 0 Å². The highest BCUT2D eigenvalue weighted by Crippen LogP contribution is 2.27. The van der Waals surface area contributed by atoms with E-state index in [1.807, 2.05) is 24.3 Å². The van der Waals surface area contributed by atoms with Gasteiger partial charge in [-0.2, -0.15) is 0 Å². The Kier molecular flexibility index (Phi) is 4.49. The molecule has 2 aromatic heterocycles. The quantitative estimate of drug-likeness (QED) is 0.680. The van der Waals surface area contributed by atoms with Crippen LogP contribution in [0.4, 0.5) is 0 Å². The van der Waals surface area contributed by atoms with Crippen molar-refractivity contribution in [2.75, 3.05) is 0 Å². The van der Waals surface area contributed by atoms with E-state index in [0.717, 1.165) is 59.6 Å². The van der Waals surface area contributed by atoms with Crippen molar-refractivity contribution >= 4 is 0 Å². The fourth-order valence-electron chi connectivity index (χ4n) is 3.50. The van der Waals surface area contributed by atoms with E-state index in [1.165, 1.54) is 11.1 Å². The zero-order chi connectivity index (χ0) is 17.9. The molecular weight excluding hydrogens is 316 g/mol. The van der Waals surface area contributed by atoms with Crippen molar-refractivity contribution in [1.29, 1.82) is 0 Å². The Morgan fingerprint density at radius 2 is 1.58 bits per heavy atom. The minimum atomic E-state index is 0.742. The lowest BCUT2D eigenvalue weighted by Gasteiger charge is -2.16. The van der Waals surface area contributed by atoms with Gasteiger partial charge in [-0.1, -0.05) is 49.6 Å². The summed E-state index contributed by atoms with van der Waals surface area (Å²) in [4.78, 5) is 9.67. The molecule has 6 bridgehead atoms. The van der Waals surface area contributed by atoms with Crippen LogP contribution in [0.15, 0.2) is 96.2 Å². The number of fused-ring (bicyclic) bond motifs is 6. The van der Waals surface area contributed by atoms with E-state index in [4.69, 9.17) is 9.97 Å². The fraction of sp³-hybridized carbons (Fsp3) is 0.167. The smallest absolute Gasteiger partial charge is 0.0889 e. The van der Waals surface area contributed by atoms with Gasteiger partial charge in [-0.15, -0.1) is 0 Å². The molecule has 0 atom stereocenters. The van der Waals surface area contributed by atoms with E-state index in [1.54, 1.807) is 0 Å². The highest BCUT2D eigenvalue weighted by molar-refractivity contribution is 5.55. The molecule has 2 aliphatic rings. The Morgan fingerprint density at radius 3 is 2.27 bits per heavy atom. The number of rotatable bonds is 1. The van der Waals surface area contributed by atoms with Crippen LogP contribution in [0, 0.1) is 0 Å². The average molecular weight is 338 g/mol. The lowest BCUT2D eigenvalue weighted by atomic mass is 9.91. The van der Waals surface area contributed by atoms with Crippen LogP contribution >= 0.6 is 0 Å².